The molecule has 1 heterocycles. The molecule has 0 fully saturated rings. The van der Waals surface area contributed by atoms with Crippen molar-refractivity contribution in [1.29, 1.82) is 0 Å². The van der Waals surface area contributed by atoms with Crippen molar-refractivity contribution in [2.75, 3.05) is 18.5 Å². The van der Waals surface area contributed by atoms with E-state index in [1.807, 2.05) is 24.3 Å². The summed E-state index contributed by atoms with van der Waals surface area (Å²) >= 11 is 3.13. The fourth-order valence-electron chi connectivity index (χ4n) is 2.01. The Balaban J connectivity index is 1.70. The number of anilines is 1. The minimum absolute atomic E-state index is 0.280. The molecule has 0 atom stereocenters. The fraction of sp³-hybridized carbons (Fsp3) is 0.200. The molecule has 0 unspecified atom stereocenters. The smallest absolute Gasteiger partial charge is 0.161 e. The van der Waals surface area contributed by atoms with Gasteiger partial charge in [0.05, 0.1) is 4.47 Å². The molecule has 20 heavy (non-hydrogen) atoms. The highest BCUT2D eigenvalue weighted by Gasteiger charge is 2.11. The van der Waals surface area contributed by atoms with Gasteiger partial charge in [-0.05, 0) is 51.8 Å². The standard InChI is InChI=1S/C15H13BrFNO2/c16-12-3-2-11(8-13(12)17)18-9-10-1-4-14-15(7-10)20-6-5-19-14/h1-4,7-8,18H,5-6,9H2. The van der Waals surface area contributed by atoms with Gasteiger partial charge in [-0.25, -0.2) is 4.39 Å². The molecule has 1 aliphatic rings. The van der Waals surface area contributed by atoms with Crippen LogP contribution in [0.2, 0.25) is 0 Å². The summed E-state index contributed by atoms with van der Waals surface area (Å²) in [6.45, 7) is 1.75. The molecule has 0 aromatic heterocycles. The van der Waals surface area contributed by atoms with Gasteiger partial charge >= 0.3 is 0 Å². The lowest BCUT2D eigenvalue weighted by Crippen LogP contribution is -2.15. The molecule has 104 valence electrons. The molecule has 0 amide bonds. The lowest BCUT2D eigenvalue weighted by atomic mass is 10.2. The molecule has 0 radical (unpaired) electrons. The third kappa shape index (κ3) is 2.88. The highest BCUT2D eigenvalue weighted by molar-refractivity contribution is 9.10. The zero-order chi connectivity index (χ0) is 13.9. The minimum atomic E-state index is -0.280. The molecule has 3 nitrogen and oxygen atoms in total. The van der Waals surface area contributed by atoms with Crippen molar-refractivity contribution < 1.29 is 13.9 Å². The summed E-state index contributed by atoms with van der Waals surface area (Å²) in [7, 11) is 0. The summed E-state index contributed by atoms with van der Waals surface area (Å²) in [5.74, 6) is 1.25. The van der Waals surface area contributed by atoms with E-state index in [0.717, 1.165) is 22.7 Å². The van der Waals surface area contributed by atoms with Gasteiger partial charge in [0.1, 0.15) is 19.0 Å². The Kier molecular flexibility index (Phi) is 3.78. The van der Waals surface area contributed by atoms with Crippen LogP contribution in [-0.2, 0) is 6.54 Å². The van der Waals surface area contributed by atoms with Gasteiger partial charge in [0.2, 0.25) is 0 Å². The molecule has 0 aliphatic carbocycles. The van der Waals surface area contributed by atoms with Gasteiger partial charge in [-0.3, -0.25) is 0 Å². The van der Waals surface area contributed by atoms with Crippen molar-refractivity contribution in [3.63, 3.8) is 0 Å². The fourth-order valence-corrected chi connectivity index (χ4v) is 2.25. The van der Waals surface area contributed by atoms with E-state index in [4.69, 9.17) is 9.47 Å². The Morgan fingerprint density at radius 3 is 2.65 bits per heavy atom. The number of fused-ring (bicyclic) bond motifs is 1. The predicted molar refractivity (Wildman–Crippen MR) is 78.9 cm³/mol. The van der Waals surface area contributed by atoms with Crippen LogP contribution >= 0.6 is 15.9 Å². The Bertz CT molecular complexity index is 633. The second kappa shape index (κ2) is 5.71. The average molecular weight is 338 g/mol. The summed E-state index contributed by atoms with van der Waals surface area (Å²) in [5.41, 5.74) is 1.79. The molecule has 3 rings (SSSR count). The van der Waals surface area contributed by atoms with Crippen LogP contribution in [0, 0.1) is 5.82 Å². The van der Waals surface area contributed by atoms with Crippen LogP contribution in [0.5, 0.6) is 11.5 Å². The molecule has 2 aromatic carbocycles. The SMILES string of the molecule is Fc1cc(NCc2ccc3c(c2)OCCO3)ccc1Br. The normalized spacial score (nSPS) is 13.1. The van der Waals surface area contributed by atoms with Crippen molar-refractivity contribution in [3.8, 4) is 11.5 Å². The van der Waals surface area contributed by atoms with E-state index < -0.39 is 0 Å². The lowest BCUT2D eigenvalue weighted by molar-refractivity contribution is 0.171. The third-order valence-corrected chi connectivity index (χ3v) is 3.67. The molecular formula is C15H13BrFNO2. The number of rotatable bonds is 3. The quantitative estimate of drug-likeness (QED) is 0.919. The van der Waals surface area contributed by atoms with Gasteiger partial charge < -0.3 is 14.8 Å². The van der Waals surface area contributed by atoms with E-state index in [1.54, 1.807) is 6.07 Å². The molecular weight excluding hydrogens is 325 g/mol. The third-order valence-electron chi connectivity index (χ3n) is 3.02. The van der Waals surface area contributed by atoms with Crippen LogP contribution in [0.15, 0.2) is 40.9 Å². The first-order chi connectivity index (χ1) is 9.72. The first-order valence-corrected chi connectivity index (χ1v) is 7.09. The maximum atomic E-state index is 13.4. The van der Waals surface area contributed by atoms with E-state index in [0.29, 0.717) is 24.2 Å². The van der Waals surface area contributed by atoms with Crippen LogP contribution in [0.4, 0.5) is 10.1 Å². The van der Waals surface area contributed by atoms with Crippen molar-refractivity contribution >= 4 is 21.6 Å². The van der Waals surface area contributed by atoms with Gasteiger partial charge in [0.25, 0.3) is 0 Å². The zero-order valence-electron chi connectivity index (χ0n) is 10.7. The molecule has 0 saturated carbocycles. The van der Waals surface area contributed by atoms with Gasteiger partial charge in [-0.1, -0.05) is 6.07 Å². The second-order valence-corrected chi connectivity index (χ2v) is 5.31. The van der Waals surface area contributed by atoms with Crippen molar-refractivity contribution in [2.45, 2.75) is 6.54 Å². The van der Waals surface area contributed by atoms with Gasteiger partial charge in [0, 0.05) is 12.2 Å². The Morgan fingerprint density at radius 2 is 1.85 bits per heavy atom. The average Bonchev–Trinajstić information content (AvgIpc) is 2.48. The van der Waals surface area contributed by atoms with E-state index >= 15 is 0 Å². The van der Waals surface area contributed by atoms with Gasteiger partial charge in [-0.15, -0.1) is 0 Å². The zero-order valence-corrected chi connectivity index (χ0v) is 12.2. The molecule has 2 aromatic rings. The van der Waals surface area contributed by atoms with Crippen LogP contribution in [0.3, 0.4) is 0 Å². The Hall–Kier alpha value is -1.75. The topological polar surface area (TPSA) is 30.5 Å². The number of hydrogen-bond acceptors (Lipinski definition) is 3. The summed E-state index contributed by atoms with van der Waals surface area (Å²) in [5, 5.41) is 3.18. The van der Waals surface area contributed by atoms with E-state index in [2.05, 4.69) is 21.2 Å². The number of benzene rings is 2. The van der Waals surface area contributed by atoms with Gasteiger partial charge in [-0.2, -0.15) is 0 Å². The maximum Gasteiger partial charge on any atom is 0.161 e. The van der Waals surface area contributed by atoms with Crippen LogP contribution < -0.4 is 14.8 Å². The molecule has 0 saturated heterocycles. The number of nitrogens with one attached hydrogen (secondary N) is 1. The first kappa shape index (κ1) is 13.2. The Morgan fingerprint density at radius 1 is 1.05 bits per heavy atom. The summed E-state index contributed by atoms with van der Waals surface area (Å²) in [6.07, 6.45) is 0. The van der Waals surface area contributed by atoms with Crippen LogP contribution in [0.25, 0.3) is 0 Å². The summed E-state index contributed by atoms with van der Waals surface area (Å²) in [6, 6.07) is 10.8. The molecule has 0 spiro atoms. The maximum absolute atomic E-state index is 13.4. The molecule has 5 heteroatoms. The van der Waals surface area contributed by atoms with E-state index in [9.17, 15) is 4.39 Å². The van der Waals surface area contributed by atoms with E-state index in [-0.39, 0.29) is 5.82 Å². The Labute approximate surface area is 124 Å². The highest BCUT2D eigenvalue weighted by Crippen LogP contribution is 2.31. The van der Waals surface area contributed by atoms with Crippen LogP contribution in [-0.4, -0.2) is 13.2 Å². The van der Waals surface area contributed by atoms with Crippen molar-refractivity contribution in [2.24, 2.45) is 0 Å². The van der Waals surface area contributed by atoms with Crippen LogP contribution in [0.1, 0.15) is 5.56 Å². The largest absolute Gasteiger partial charge is 0.486 e. The number of halogens is 2. The summed E-state index contributed by atoms with van der Waals surface area (Å²) in [4.78, 5) is 0. The van der Waals surface area contributed by atoms with Gasteiger partial charge in [0.15, 0.2) is 11.5 Å². The van der Waals surface area contributed by atoms with Crippen molar-refractivity contribution in [3.05, 3.63) is 52.3 Å². The van der Waals surface area contributed by atoms with Crippen molar-refractivity contribution in [1.82, 2.24) is 0 Å². The predicted octanol–water partition coefficient (Wildman–Crippen LogP) is 3.97. The molecule has 1 N–H and O–H groups in total. The second-order valence-electron chi connectivity index (χ2n) is 4.46. The first-order valence-electron chi connectivity index (χ1n) is 6.30. The molecule has 0 bridgehead atoms. The highest BCUT2D eigenvalue weighted by atomic mass is 79.9. The molecule has 1 aliphatic heterocycles. The van der Waals surface area contributed by atoms with E-state index in [1.165, 1.54) is 6.07 Å². The minimum Gasteiger partial charge on any atom is -0.486 e. The lowest BCUT2D eigenvalue weighted by Gasteiger charge is -2.19. The summed E-state index contributed by atoms with van der Waals surface area (Å²) < 4.78 is 24.9. The number of ether oxygens (including phenoxy) is 2. The number of hydrogen-bond donors (Lipinski definition) is 1. The monoisotopic (exact) mass is 337 g/mol.